The van der Waals surface area contributed by atoms with Gasteiger partial charge in [0.15, 0.2) is 0 Å². The summed E-state index contributed by atoms with van der Waals surface area (Å²) in [6.45, 7) is 0.371. The summed E-state index contributed by atoms with van der Waals surface area (Å²) in [5.41, 5.74) is 7.92. The molecule has 0 saturated heterocycles. The van der Waals surface area contributed by atoms with Crippen LogP contribution < -0.4 is 15.2 Å². The molecule has 0 spiro atoms. The lowest BCUT2D eigenvalue weighted by atomic mass is 10.2. The van der Waals surface area contributed by atoms with Crippen molar-refractivity contribution in [1.82, 2.24) is 0 Å². The van der Waals surface area contributed by atoms with E-state index in [1.54, 1.807) is 25.3 Å². The van der Waals surface area contributed by atoms with Crippen molar-refractivity contribution in [3.63, 3.8) is 0 Å². The molecule has 20 heavy (non-hydrogen) atoms. The number of hydrogen-bond acceptors (Lipinski definition) is 4. The maximum absolute atomic E-state index is 8.95. The van der Waals surface area contributed by atoms with Gasteiger partial charge in [-0.2, -0.15) is 5.26 Å². The summed E-state index contributed by atoms with van der Waals surface area (Å²) in [4.78, 5) is 0. The lowest BCUT2D eigenvalue weighted by Crippen LogP contribution is -1.98. The summed E-state index contributed by atoms with van der Waals surface area (Å²) in [5.74, 6) is 1.18. The van der Waals surface area contributed by atoms with Gasteiger partial charge in [0, 0.05) is 16.2 Å². The SMILES string of the molecule is COc1cc(C#N)cc(OCc2ccc(Br)c(N)c2)c1. The van der Waals surface area contributed by atoms with Crippen molar-refractivity contribution in [3.8, 4) is 17.6 Å². The molecule has 2 rings (SSSR count). The van der Waals surface area contributed by atoms with Crippen LogP contribution in [0.1, 0.15) is 11.1 Å². The van der Waals surface area contributed by atoms with E-state index in [1.807, 2.05) is 18.2 Å². The molecule has 4 nitrogen and oxygen atoms in total. The average Bonchev–Trinajstić information content (AvgIpc) is 2.48. The molecule has 0 heterocycles. The third-order valence-electron chi connectivity index (χ3n) is 2.71. The Morgan fingerprint density at radius 1 is 1.20 bits per heavy atom. The molecule has 2 aromatic rings. The van der Waals surface area contributed by atoms with Crippen LogP contribution in [0.25, 0.3) is 0 Å². The van der Waals surface area contributed by atoms with Gasteiger partial charge in [-0.15, -0.1) is 0 Å². The third kappa shape index (κ3) is 3.43. The Labute approximate surface area is 125 Å². The minimum atomic E-state index is 0.371. The van der Waals surface area contributed by atoms with Gasteiger partial charge in [0.2, 0.25) is 0 Å². The van der Waals surface area contributed by atoms with Gasteiger partial charge in [-0.05, 0) is 45.8 Å². The molecule has 0 aromatic heterocycles. The molecule has 0 aliphatic heterocycles. The summed E-state index contributed by atoms with van der Waals surface area (Å²) >= 11 is 3.34. The van der Waals surface area contributed by atoms with Gasteiger partial charge in [0.05, 0.1) is 18.7 Å². The first-order valence-electron chi connectivity index (χ1n) is 5.88. The first kappa shape index (κ1) is 14.2. The standard InChI is InChI=1S/C15H13BrN2O2/c1-19-12-4-11(8-17)5-13(7-12)20-9-10-2-3-14(16)15(18)6-10/h2-7H,9,18H2,1H3. The van der Waals surface area contributed by atoms with Crippen LogP contribution in [0.15, 0.2) is 40.9 Å². The number of hydrogen-bond donors (Lipinski definition) is 1. The van der Waals surface area contributed by atoms with E-state index in [1.165, 1.54) is 0 Å². The van der Waals surface area contributed by atoms with E-state index in [0.29, 0.717) is 29.4 Å². The number of nitrogen functional groups attached to an aromatic ring is 1. The molecular weight excluding hydrogens is 320 g/mol. The van der Waals surface area contributed by atoms with Gasteiger partial charge >= 0.3 is 0 Å². The quantitative estimate of drug-likeness (QED) is 0.870. The molecule has 0 bridgehead atoms. The zero-order chi connectivity index (χ0) is 14.5. The van der Waals surface area contributed by atoms with Crippen molar-refractivity contribution in [2.75, 3.05) is 12.8 Å². The summed E-state index contributed by atoms with van der Waals surface area (Å²) in [5, 5.41) is 8.95. The lowest BCUT2D eigenvalue weighted by Gasteiger charge is -2.09. The van der Waals surface area contributed by atoms with E-state index in [-0.39, 0.29) is 0 Å². The Bertz CT molecular complexity index is 665. The van der Waals surface area contributed by atoms with Gasteiger partial charge in [0.25, 0.3) is 0 Å². The molecule has 0 unspecified atom stereocenters. The van der Waals surface area contributed by atoms with E-state index in [9.17, 15) is 0 Å². The minimum absolute atomic E-state index is 0.371. The Morgan fingerprint density at radius 2 is 1.95 bits per heavy atom. The molecule has 0 aliphatic carbocycles. The molecule has 0 fully saturated rings. The highest BCUT2D eigenvalue weighted by atomic mass is 79.9. The van der Waals surface area contributed by atoms with Crippen LogP contribution in [0.4, 0.5) is 5.69 Å². The Kier molecular flexibility index (Phi) is 4.49. The Morgan fingerprint density at radius 3 is 2.60 bits per heavy atom. The monoisotopic (exact) mass is 332 g/mol. The molecule has 0 amide bonds. The average molecular weight is 333 g/mol. The van der Waals surface area contributed by atoms with Crippen LogP contribution in [-0.2, 0) is 6.61 Å². The topological polar surface area (TPSA) is 68.3 Å². The number of methoxy groups -OCH3 is 1. The molecule has 5 heteroatoms. The number of benzene rings is 2. The van der Waals surface area contributed by atoms with E-state index in [0.717, 1.165) is 10.0 Å². The third-order valence-corrected chi connectivity index (χ3v) is 3.43. The van der Waals surface area contributed by atoms with Crippen molar-refractivity contribution in [3.05, 3.63) is 52.0 Å². The number of nitrogens with two attached hydrogens (primary N) is 1. The van der Waals surface area contributed by atoms with Crippen LogP contribution >= 0.6 is 15.9 Å². The first-order chi connectivity index (χ1) is 9.62. The summed E-state index contributed by atoms with van der Waals surface area (Å²) in [6, 6.07) is 12.8. The largest absolute Gasteiger partial charge is 0.497 e. The number of nitriles is 1. The second-order valence-electron chi connectivity index (χ2n) is 4.15. The minimum Gasteiger partial charge on any atom is -0.497 e. The predicted molar refractivity (Wildman–Crippen MR) is 80.6 cm³/mol. The highest BCUT2D eigenvalue weighted by Gasteiger charge is 2.04. The summed E-state index contributed by atoms with van der Waals surface area (Å²) in [7, 11) is 1.55. The lowest BCUT2D eigenvalue weighted by molar-refractivity contribution is 0.303. The Hall–Kier alpha value is -2.19. The van der Waals surface area contributed by atoms with E-state index >= 15 is 0 Å². The molecule has 102 valence electrons. The Balaban J connectivity index is 2.14. The fourth-order valence-corrected chi connectivity index (χ4v) is 1.93. The highest BCUT2D eigenvalue weighted by Crippen LogP contribution is 2.24. The number of ether oxygens (including phenoxy) is 2. The van der Waals surface area contributed by atoms with Crippen LogP contribution in [0.5, 0.6) is 11.5 Å². The number of anilines is 1. The van der Waals surface area contributed by atoms with Crippen molar-refractivity contribution < 1.29 is 9.47 Å². The normalized spacial score (nSPS) is 9.85. The van der Waals surface area contributed by atoms with E-state index < -0.39 is 0 Å². The second kappa shape index (κ2) is 6.31. The predicted octanol–water partition coefficient (Wildman–Crippen LogP) is 3.49. The number of nitrogens with zero attached hydrogens (tertiary/aromatic N) is 1. The zero-order valence-electron chi connectivity index (χ0n) is 10.9. The molecule has 2 N–H and O–H groups in total. The maximum atomic E-state index is 8.95. The molecule has 0 saturated carbocycles. The smallest absolute Gasteiger partial charge is 0.124 e. The maximum Gasteiger partial charge on any atom is 0.124 e. The van der Waals surface area contributed by atoms with Crippen LogP contribution in [0.3, 0.4) is 0 Å². The van der Waals surface area contributed by atoms with Crippen molar-refractivity contribution in [1.29, 1.82) is 5.26 Å². The summed E-state index contributed by atoms with van der Waals surface area (Å²) in [6.07, 6.45) is 0. The van der Waals surface area contributed by atoms with E-state index in [2.05, 4.69) is 22.0 Å². The molecular formula is C15H13BrN2O2. The molecule has 0 aliphatic rings. The van der Waals surface area contributed by atoms with Crippen molar-refractivity contribution in [2.45, 2.75) is 6.61 Å². The van der Waals surface area contributed by atoms with E-state index in [4.69, 9.17) is 20.5 Å². The van der Waals surface area contributed by atoms with Gasteiger partial charge in [0.1, 0.15) is 18.1 Å². The fraction of sp³-hybridized carbons (Fsp3) is 0.133. The van der Waals surface area contributed by atoms with Crippen LogP contribution in [-0.4, -0.2) is 7.11 Å². The van der Waals surface area contributed by atoms with Gasteiger partial charge in [-0.1, -0.05) is 6.07 Å². The number of halogens is 1. The van der Waals surface area contributed by atoms with Crippen LogP contribution in [0, 0.1) is 11.3 Å². The first-order valence-corrected chi connectivity index (χ1v) is 6.67. The van der Waals surface area contributed by atoms with Gasteiger partial charge in [-0.25, -0.2) is 0 Å². The molecule has 2 aromatic carbocycles. The second-order valence-corrected chi connectivity index (χ2v) is 5.01. The van der Waals surface area contributed by atoms with Crippen LogP contribution in [0.2, 0.25) is 0 Å². The van der Waals surface area contributed by atoms with Crippen molar-refractivity contribution in [2.24, 2.45) is 0 Å². The van der Waals surface area contributed by atoms with Gasteiger partial charge < -0.3 is 15.2 Å². The highest BCUT2D eigenvalue weighted by molar-refractivity contribution is 9.10. The van der Waals surface area contributed by atoms with Gasteiger partial charge in [-0.3, -0.25) is 0 Å². The van der Waals surface area contributed by atoms with Crippen molar-refractivity contribution >= 4 is 21.6 Å². The number of rotatable bonds is 4. The molecule has 0 atom stereocenters. The summed E-state index contributed by atoms with van der Waals surface area (Å²) < 4.78 is 11.7. The molecule has 0 radical (unpaired) electrons. The fourth-order valence-electron chi connectivity index (χ4n) is 1.69. The zero-order valence-corrected chi connectivity index (χ0v) is 12.5.